The molecular weight excluding hydrogens is 278 g/mol. The Labute approximate surface area is 109 Å². The molecule has 1 aromatic rings. The quantitative estimate of drug-likeness (QED) is 0.463. The van der Waals surface area contributed by atoms with E-state index >= 15 is 0 Å². The van der Waals surface area contributed by atoms with Gasteiger partial charge in [0.2, 0.25) is 0 Å². The van der Waals surface area contributed by atoms with Gasteiger partial charge in [0.25, 0.3) is 10.1 Å². The molecule has 19 heavy (non-hydrogen) atoms. The summed E-state index contributed by atoms with van der Waals surface area (Å²) in [5.74, 6) is 0.0463. The van der Waals surface area contributed by atoms with Crippen LogP contribution in [0.2, 0.25) is 0 Å². The molecule has 0 amide bonds. The molecule has 1 unspecified atom stereocenters. The third-order valence-electron chi connectivity index (χ3n) is 2.22. The van der Waals surface area contributed by atoms with Gasteiger partial charge in [-0.1, -0.05) is 6.07 Å². The molecule has 0 aromatic heterocycles. The van der Waals surface area contributed by atoms with Crippen LogP contribution in [0.15, 0.2) is 18.2 Å². The molecule has 0 radical (unpaired) electrons. The Morgan fingerprint density at radius 1 is 1.47 bits per heavy atom. The first kappa shape index (κ1) is 15.3. The maximum absolute atomic E-state index is 10.8. The van der Waals surface area contributed by atoms with Gasteiger partial charge in [-0.3, -0.25) is 14.3 Å². The van der Waals surface area contributed by atoms with Gasteiger partial charge in [0.15, 0.2) is 5.75 Å². The van der Waals surface area contributed by atoms with Crippen molar-refractivity contribution < 1.29 is 27.4 Å². The maximum atomic E-state index is 10.8. The van der Waals surface area contributed by atoms with Gasteiger partial charge in [0, 0.05) is 6.07 Å². The highest BCUT2D eigenvalue weighted by molar-refractivity contribution is 7.85. The summed E-state index contributed by atoms with van der Waals surface area (Å²) in [6.45, 7) is -0.512. The highest BCUT2D eigenvalue weighted by Gasteiger charge is 2.19. The van der Waals surface area contributed by atoms with Crippen molar-refractivity contribution >= 4 is 15.8 Å². The number of aliphatic hydroxyl groups is 1. The van der Waals surface area contributed by atoms with Gasteiger partial charge in [-0.25, -0.2) is 0 Å². The average Bonchev–Trinajstić information content (AvgIpc) is 2.34. The molecule has 0 spiro atoms. The lowest BCUT2D eigenvalue weighted by Gasteiger charge is -2.11. The molecule has 0 saturated heterocycles. The Balaban J connectivity index is 2.95. The molecule has 1 atom stereocenters. The molecule has 9 heteroatoms. The van der Waals surface area contributed by atoms with Gasteiger partial charge < -0.3 is 9.84 Å². The SMILES string of the molecule is COc1ccc(C(O)COS(C)(=O)=O)cc1[N+](=O)[O-]. The van der Waals surface area contributed by atoms with Crippen LogP contribution in [0.1, 0.15) is 11.7 Å². The second-order valence-electron chi connectivity index (χ2n) is 3.69. The van der Waals surface area contributed by atoms with Crippen LogP contribution in [-0.2, 0) is 14.3 Å². The number of nitro groups is 1. The molecule has 0 fully saturated rings. The van der Waals surface area contributed by atoms with Crippen LogP contribution in [-0.4, -0.2) is 38.4 Å². The van der Waals surface area contributed by atoms with Gasteiger partial charge in [0.05, 0.1) is 24.9 Å². The predicted octanol–water partition coefficient (Wildman–Crippen LogP) is 0.613. The first-order chi connectivity index (χ1) is 8.74. The molecule has 1 aromatic carbocycles. The van der Waals surface area contributed by atoms with Crippen molar-refractivity contribution in [1.29, 1.82) is 0 Å². The van der Waals surface area contributed by atoms with Crippen molar-refractivity contribution in [2.45, 2.75) is 6.10 Å². The zero-order valence-corrected chi connectivity index (χ0v) is 11.1. The van der Waals surface area contributed by atoms with E-state index in [0.29, 0.717) is 0 Å². The summed E-state index contributed by atoms with van der Waals surface area (Å²) in [6, 6.07) is 3.81. The molecule has 1 rings (SSSR count). The number of hydrogen-bond donors (Lipinski definition) is 1. The van der Waals surface area contributed by atoms with E-state index in [9.17, 15) is 23.6 Å². The lowest BCUT2D eigenvalue weighted by atomic mass is 10.1. The van der Waals surface area contributed by atoms with Gasteiger partial charge in [-0.05, 0) is 11.6 Å². The average molecular weight is 291 g/mol. The Morgan fingerprint density at radius 2 is 2.11 bits per heavy atom. The third kappa shape index (κ3) is 4.47. The van der Waals surface area contributed by atoms with Crippen molar-refractivity contribution in [2.75, 3.05) is 20.0 Å². The standard InChI is InChI=1S/C10H13NO7S/c1-17-10-4-3-7(5-8(10)11(13)14)9(12)6-18-19(2,15)16/h3-5,9,12H,6H2,1-2H3. The highest BCUT2D eigenvalue weighted by atomic mass is 32.2. The van der Waals surface area contributed by atoms with Crippen molar-refractivity contribution in [3.05, 3.63) is 33.9 Å². The summed E-state index contributed by atoms with van der Waals surface area (Å²) in [4.78, 5) is 10.1. The number of nitrogens with zero attached hydrogens (tertiary/aromatic N) is 1. The van der Waals surface area contributed by atoms with Crippen molar-refractivity contribution in [3.8, 4) is 5.75 Å². The van der Waals surface area contributed by atoms with Crippen LogP contribution in [0.3, 0.4) is 0 Å². The summed E-state index contributed by atoms with van der Waals surface area (Å²) in [7, 11) is -2.40. The van der Waals surface area contributed by atoms with E-state index in [0.717, 1.165) is 12.3 Å². The summed E-state index contributed by atoms with van der Waals surface area (Å²) in [5.41, 5.74) is -0.158. The zero-order chi connectivity index (χ0) is 14.6. The molecule has 0 aliphatic carbocycles. The molecule has 0 saturated carbocycles. The molecule has 0 aliphatic heterocycles. The highest BCUT2D eigenvalue weighted by Crippen LogP contribution is 2.29. The number of hydrogen-bond acceptors (Lipinski definition) is 7. The normalized spacial score (nSPS) is 13.0. The minimum atomic E-state index is -3.69. The van der Waals surface area contributed by atoms with E-state index in [-0.39, 0.29) is 17.0 Å². The van der Waals surface area contributed by atoms with E-state index in [2.05, 4.69) is 4.18 Å². The zero-order valence-electron chi connectivity index (χ0n) is 10.3. The fraction of sp³-hybridized carbons (Fsp3) is 0.400. The van der Waals surface area contributed by atoms with E-state index < -0.39 is 27.8 Å². The number of aliphatic hydroxyl groups excluding tert-OH is 1. The minimum absolute atomic E-state index is 0.0463. The van der Waals surface area contributed by atoms with E-state index in [1.54, 1.807) is 0 Å². The van der Waals surface area contributed by atoms with Crippen LogP contribution in [0.4, 0.5) is 5.69 Å². The Kier molecular flexibility index (Phi) is 4.81. The number of rotatable bonds is 6. The van der Waals surface area contributed by atoms with E-state index in [4.69, 9.17) is 4.74 Å². The smallest absolute Gasteiger partial charge is 0.311 e. The molecule has 0 aliphatic rings. The number of nitro benzene ring substituents is 1. The maximum Gasteiger partial charge on any atom is 0.311 e. The van der Waals surface area contributed by atoms with E-state index in [1.165, 1.54) is 19.2 Å². The molecule has 8 nitrogen and oxygen atoms in total. The van der Waals surface area contributed by atoms with Crippen LogP contribution in [0.25, 0.3) is 0 Å². The minimum Gasteiger partial charge on any atom is -0.490 e. The van der Waals surface area contributed by atoms with Crippen LogP contribution >= 0.6 is 0 Å². The first-order valence-corrected chi connectivity index (χ1v) is 6.91. The summed E-state index contributed by atoms with van der Waals surface area (Å²) < 4.78 is 30.8. The van der Waals surface area contributed by atoms with Crippen molar-refractivity contribution in [2.24, 2.45) is 0 Å². The Morgan fingerprint density at radius 3 is 2.58 bits per heavy atom. The second-order valence-corrected chi connectivity index (χ2v) is 5.34. The summed E-state index contributed by atoms with van der Waals surface area (Å²) in [5, 5.41) is 20.5. The number of methoxy groups -OCH3 is 1. The monoisotopic (exact) mass is 291 g/mol. The topological polar surface area (TPSA) is 116 Å². The fourth-order valence-corrected chi connectivity index (χ4v) is 1.72. The van der Waals surface area contributed by atoms with Gasteiger partial charge in [-0.2, -0.15) is 8.42 Å². The van der Waals surface area contributed by atoms with Crippen LogP contribution < -0.4 is 4.74 Å². The fourth-order valence-electron chi connectivity index (χ4n) is 1.34. The predicted molar refractivity (Wildman–Crippen MR) is 65.4 cm³/mol. The van der Waals surface area contributed by atoms with Gasteiger partial charge in [-0.15, -0.1) is 0 Å². The summed E-state index contributed by atoms with van der Waals surface area (Å²) >= 11 is 0. The Hall–Kier alpha value is -1.71. The molecule has 0 heterocycles. The van der Waals surface area contributed by atoms with Crippen molar-refractivity contribution in [1.82, 2.24) is 0 Å². The first-order valence-electron chi connectivity index (χ1n) is 5.09. The second kappa shape index (κ2) is 5.95. The molecule has 1 N–H and O–H groups in total. The van der Waals surface area contributed by atoms with Gasteiger partial charge in [0.1, 0.15) is 6.10 Å². The Bertz CT molecular complexity index is 569. The third-order valence-corrected chi connectivity index (χ3v) is 2.79. The lowest BCUT2D eigenvalue weighted by molar-refractivity contribution is -0.385. The van der Waals surface area contributed by atoms with Crippen molar-refractivity contribution in [3.63, 3.8) is 0 Å². The lowest BCUT2D eigenvalue weighted by Crippen LogP contribution is -2.12. The largest absolute Gasteiger partial charge is 0.490 e. The number of benzene rings is 1. The number of ether oxygens (including phenoxy) is 1. The van der Waals surface area contributed by atoms with Gasteiger partial charge >= 0.3 is 5.69 Å². The molecular formula is C10H13NO7S. The molecule has 0 bridgehead atoms. The van der Waals surface area contributed by atoms with E-state index in [1.807, 2.05) is 0 Å². The molecule has 106 valence electrons. The summed E-state index contributed by atoms with van der Waals surface area (Å²) in [6.07, 6.45) is -0.449. The van der Waals surface area contributed by atoms with Crippen LogP contribution in [0.5, 0.6) is 5.75 Å². The van der Waals surface area contributed by atoms with Crippen LogP contribution in [0, 0.1) is 10.1 Å².